The molecule has 0 spiro atoms. The molecule has 1 amide bonds. The fourth-order valence-corrected chi connectivity index (χ4v) is 2.84. The fourth-order valence-electron chi connectivity index (χ4n) is 2.84. The molecule has 2 aromatic carbocycles. The number of nitrogens with one attached hydrogen (secondary N) is 1. The first-order valence-electron chi connectivity index (χ1n) is 9.96. The number of carbonyl (C=O) groups is 1. The van der Waals surface area contributed by atoms with Gasteiger partial charge in [0.05, 0.1) is 6.54 Å². The molecule has 28 heavy (non-hydrogen) atoms. The van der Waals surface area contributed by atoms with Crippen LogP contribution in [0.25, 0.3) is 0 Å². The van der Waals surface area contributed by atoms with E-state index in [-0.39, 0.29) is 11.3 Å². The molecule has 2 rings (SSSR count). The predicted molar refractivity (Wildman–Crippen MR) is 114 cm³/mol. The zero-order valence-electron chi connectivity index (χ0n) is 18.0. The quantitative estimate of drug-likeness (QED) is 0.656. The Kier molecular flexibility index (Phi) is 7.50. The van der Waals surface area contributed by atoms with E-state index in [1.54, 1.807) is 0 Å². The lowest BCUT2D eigenvalue weighted by Gasteiger charge is -2.20. The van der Waals surface area contributed by atoms with Gasteiger partial charge in [-0.3, -0.25) is 4.79 Å². The summed E-state index contributed by atoms with van der Waals surface area (Å²) in [4.78, 5) is 12.4. The van der Waals surface area contributed by atoms with Crippen LogP contribution >= 0.6 is 0 Å². The summed E-state index contributed by atoms with van der Waals surface area (Å²) in [6.45, 7) is 13.4. The van der Waals surface area contributed by atoms with Crippen LogP contribution < -0.4 is 14.8 Å². The fraction of sp³-hybridized carbons (Fsp3) is 0.458. The monoisotopic (exact) mass is 383 g/mol. The van der Waals surface area contributed by atoms with Crippen molar-refractivity contribution in [1.82, 2.24) is 5.32 Å². The maximum absolute atomic E-state index is 12.4. The Hall–Kier alpha value is -2.49. The molecule has 0 fully saturated rings. The number of ether oxygens (including phenoxy) is 2. The summed E-state index contributed by atoms with van der Waals surface area (Å²) in [5, 5.41) is 2.90. The minimum Gasteiger partial charge on any atom is -0.492 e. The molecule has 0 aliphatic heterocycles. The standard InChI is InChI=1S/C24H33NO3/c1-7-21(28-22-10-8-9-17(2)18(22)3)23(26)25-15-16-27-20-13-11-19(12-14-20)24(4,5)6/h8-14,21H,7,15-16H2,1-6H3,(H,25,26)/t21-/m0/s1. The largest absolute Gasteiger partial charge is 0.492 e. The number of carbonyl (C=O) groups excluding carboxylic acids is 1. The highest BCUT2D eigenvalue weighted by atomic mass is 16.5. The van der Waals surface area contributed by atoms with Crippen molar-refractivity contribution in [3.63, 3.8) is 0 Å². The van der Waals surface area contributed by atoms with Crippen molar-refractivity contribution in [2.24, 2.45) is 0 Å². The van der Waals surface area contributed by atoms with Crippen molar-refractivity contribution >= 4 is 5.91 Å². The van der Waals surface area contributed by atoms with E-state index >= 15 is 0 Å². The van der Waals surface area contributed by atoms with Crippen LogP contribution in [0, 0.1) is 13.8 Å². The van der Waals surface area contributed by atoms with E-state index in [1.165, 1.54) is 5.56 Å². The van der Waals surface area contributed by atoms with Gasteiger partial charge in [-0.15, -0.1) is 0 Å². The molecular formula is C24H33NO3. The van der Waals surface area contributed by atoms with Crippen LogP contribution in [0.1, 0.15) is 50.8 Å². The van der Waals surface area contributed by atoms with Crippen LogP contribution in [0.15, 0.2) is 42.5 Å². The van der Waals surface area contributed by atoms with Gasteiger partial charge in [-0.25, -0.2) is 0 Å². The molecule has 0 aliphatic rings. The lowest BCUT2D eigenvalue weighted by molar-refractivity contribution is -0.128. The van der Waals surface area contributed by atoms with Crippen molar-refractivity contribution in [3.8, 4) is 11.5 Å². The molecule has 1 atom stereocenters. The zero-order chi connectivity index (χ0) is 20.7. The first-order chi connectivity index (χ1) is 13.2. The Morgan fingerprint density at radius 2 is 1.75 bits per heavy atom. The molecule has 0 saturated carbocycles. The maximum atomic E-state index is 12.4. The lowest BCUT2D eigenvalue weighted by Crippen LogP contribution is -2.39. The molecule has 0 bridgehead atoms. The SMILES string of the molecule is CC[C@H](Oc1cccc(C)c1C)C(=O)NCCOc1ccc(C(C)(C)C)cc1. The smallest absolute Gasteiger partial charge is 0.261 e. The van der Waals surface area contributed by atoms with Gasteiger partial charge >= 0.3 is 0 Å². The topological polar surface area (TPSA) is 47.6 Å². The summed E-state index contributed by atoms with van der Waals surface area (Å²) >= 11 is 0. The van der Waals surface area contributed by atoms with Gasteiger partial charge in [0.1, 0.15) is 18.1 Å². The van der Waals surface area contributed by atoms with E-state index in [1.807, 2.05) is 51.1 Å². The first-order valence-corrected chi connectivity index (χ1v) is 9.96. The highest BCUT2D eigenvalue weighted by Gasteiger charge is 2.19. The molecule has 0 unspecified atom stereocenters. The van der Waals surface area contributed by atoms with Gasteiger partial charge in [0, 0.05) is 0 Å². The minimum absolute atomic E-state index is 0.116. The molecule has 2 aromatic rings. The Labute approximate surface area is 169 Å². The van der Waals surface area contributed by atoms with Crippen molar-refractivity contribution in [1.29, 1.82) is 0 Å². The predicted octanol–water partition coefficient (Wildman–Crippen LogP) is 4.95. The molecular weight excluding hydrogens is 350 g/mol. The normalized spacial score (nSPS) is 12.4. The summed E-state index contributed by atoms with van der Waals surface area (Å²) in [6, 6.07) is 14.0. The molecule has 152 valence electrons. The first kappa shape index (κ1) is 21.8. The third kappa shape index (κ3) is 6.01. The summed E-state index contributed by atoms with van der Waals surface area (Å²) in [5.74, 6) is 1.45. The number of amides is 1. The number of aryl methyl sites for hydroxylation is 1. The van der Waals surface area contributed by atoms with Crippen LogP contribution in [-0.2, 0) is 10.2 Å². The van der Waals surface area contributed by atoms with Gasteiger partial charge in [-0.05, 0) is 60.6 Å². The highest BCUT2D eigenvalue weighted by Crippen LogP contribution is 2.24. The number of benzene rings is 2. The Morgan fingerprint density at radius 3 is 2.36 bits per heavy atom. The van der Waals surface area contributed by atoms with Crippen LogP contribution in [0.4, 0.5) is 0 Å². The molecule has 0 radical (unpaired) electrons. The van der Waals surface area contributed by atoms with E-state index in [4.69, 9.17) is 9.47 Å². The Morgan fingerprint density at radius 1 is 1.07 bits per heavy atom. The summed E-state index contributed by atoms with van der Waals surface area (Å²) in [5.41, 5.74) is 3.61. The average molecular weight is 384 g/mol. The van der Waals surface area contributed by atoms with Crippen LogP contribution in [0.3, 0.4) is 0 Å². The highest BCUT2D eigenvalue weighted by molar-refractivity contribution is 5.81. The molecule has 0 heterocycles. The van der Waals surface area contributed by atoms with Crippen LogP contribution in [0.5, 0.6) is 11.5 Å². The second-order valence-electron chi connectivity index (χ2n) is 8.13. The molecule has 0 saturated heterocycles. The van der Waals surface area contributed by atoms with E-state index in [2.05, 4.69) is 38.2 Å². The third-order valence-electron chi connectivity index (χ3n) is 4.88. The van der Waals surface area contributed by atoms with Crippen molar-refractivity contribution in [2.45, 2.75) is 59.5 Å². The second kappa shape index (κ2) is 9.63. The van der Waals surface area contributed by atoms with Crippen LogP contribution in [0.2, 0.25) is 0 Å². The second-order valence-corrected chi connectivity index (χ2v) is 8.13. The number of rotatable bonds is 8. The average Bonchev–Trinajstić information content (AvgIpc) is 2.66. The minimum atomic E-state index is -0.508. The van der Waals surface area contributed by atoms with Crippen LogP contribution in [-0.4, -0.2) is 25.2 Å². The molecule has 0 aromatic heterocycles. The summed E-state index contributed by atoms with van der Waals surface area (Å²) < 4.78 is 11.7. The Bertz CT molecular complexity index is 775. The van der Waals surface area contributed by atoms with Gasteiger partial charge in [-0.2, -0.15) is 0 Å². The van der Waals surface area contributed by atoms with E-state index in [0.29, 0.717) is 19.6 Å². The van der Waals surface area contributed by atoms with Gasteiger partial charge < -0.3 is 14.8 Å². The molecule has 4 nitrogen and oxygen atoms in total. The van der Waals surface area contributed by atoms with E-state index in [9.17, 15) is 4.79 Å². The Balaban J connectivity index is 1.81. The number of hydrogen-bond acceptors (Lipinski definition) is 3. The number of hydrogen-bond donors (Lipinski definition) is 1. The van der Waals surface area contributed by atoms with Crippen molar-refractivity contribution in [3.05, 3.63) is 59.2 Å². The summed E-state index contributed by atoms with van der Waals surface area (Å²) in [7, 11) is 0. The van der Waals surface area contributed by atoms with E-state index < -0.39 is 6.10 Å². The molecule has 0 aliphatic carbocycles. The molecule has 4 heteroatoms. The van der Waals surface area contributed by atoms with Gasteiger partial charge in [0.15, 0.2) is 6.10 Å². The zero-order valence-corrected chi connectivity index (χ0v) is 18.0. The summed E-state index contributed by atoms with van der Waals surface area (Å²) in [6.07, 6.45) is 0.0977. The maximum Gasteiger partial charge on any atom is 0.261 e. The lowest BCUT2D eigenvalue weighted by atomic mass is 9.87. The van der Waals surface area contributed by atoms with Gasteiger partial charge in [-0.1, -0.05) is 52.0 Å². The third-order valence-corrected chi connectivity index (χ3v) is 4.88. The van der Waals surface area contributed by atoms with Crippen molar-refractivity contribution < 1.29 is 14.3 Å². The van der Waals surface area contributed by atoms with Crippen molar-refractivity contribution in [2.75, 3.05) is 13.2 Å². The molecule has 1 N–H and O–H groups in total. The van der Waals surface area contributed by atoms with Gasteiger partial charge in [0.2, 0.25) is 0 Å². The van der Waals surface area contributed by atoms with Gasteiger partial charge in [0.25, 0.3) is 5.91 Å². The van der Waals surface area contributed by atoms with E-state index in [0.717, 1.165) is 22.6 Å².